The lowest BCUT2D eigenvalue weighted by Crippen LogP contribution is -1.99. The third kappa shape index (κ3) is 6.94. The molecule has 0 aliphatic rings. The highest BCUT2D eigenvalue weighted by Gasteiger charge is 1.97. The predicted molar refractivity (Wildman–Crippen MR) is 54.3 cm³/mol. The van der Waals surface area contributed by atoms with Gasteiger partial charge in [0.1, 0.15) is 0 Å². The van der Waals surface area contributed by atoms with E-state index in [1.807, 2.05) is 0 Å². The van der Waals surface area contributed by atoms with Crippen LogP contribution in [0.3, 0.4) is 0 Å². The number of hydrogen-bond acceptors (Lipinski definition) is 3. The SMILES string of the molecule is SCCCCC(S)CS. The van der Waals surface area contributed by atoms with Crippen LogP contribution in [0, 0.1) is 0 Å². The minimum Gasteiger partial charge on any atom is -0.179 e. The minimum absolute atomic E-state index is 0.480. The van der Waals surface area contributed by atoms with Crippen molar-refractivity contribution in [3.8, 4) is 0 Å². The van der Waals surface area contributed by atoms with E-state index in [-0.39, 0.29) is 0 Å². The molecule has 0 aliphatic heterocycles. The fourth-order valence-electron chi connectivity index (χ4n) is 0.583. The smallest absolute Gasteiger partial charge is 0.0105 e. The van der Waals surface area contributed by atoms with Crippen LogP contribution in [0.2, 0.25) is 0 Å². The molecule has 0 aromatic carbocycles. The van der Waals surface area contributed by atoms with E-state index < -0.39 is 0 Å². The molecule has 0 saturated heterocycles. The highest BCUT2D eigenvalue weighted by Crippen LogP contribution is 2.08. The van der Waals surface area contributed by atoms with Gasteiger partial charge in [-0.05, 0) is 18.6 Å². The first kappa shape index (κ1) is 10.0. The van der Waals surface area contributed by atoms with Crippen molar-refractivity contribution in [2.24, 2.45) is 0 Å². The van der Waals surface area contributed by atoms with Crippen molar-refractivity contribution >= 4 is 37.9 Å². The zero-order chi connectivity index (χ0) is 7.11. The summed E-state index contributed by atoms with van der Waals surface area (Å²) in [5.74, 6) is 1.88. The first-order valence-corrected chi connectivity index (χ1v) is 4.99. The van der Waals surface area contributed by atoms with Crippen LogP contribution < -0.4 is 0 Å². The predicted octanol–water partition coefficient (Wildman–Crippen LogP) is 2.31. The van der Waals surface area contributed by atoms with Gasteiger partial charge < -0.3 is 0 Å². The Labute approximate surface area is 74.0 Å². The normalized spacial score (nSPS) is 13.7. The van der Waals surface area contributed by atoms with E-state index in [1.165, 1.54) is 19.3 Å². The van der Waals surface area contributed by atoms with Crippen molar-refractivity contribution in [3.05, 3.63) is 0 Å². The van der Waals surface area contributed by atoms with Gasteiger partial charge in [0.15, 0.2) is 0 Å². The molecular weight excluding hydrogens is 168 g/mol. The molecule has 0 rings (SSSR count). The van der Waals surface area contributed by atoms with Gasteiger partial charge in [0.2, 0.25) is 0 Å². The average molecular weight is 182 g/mol. The molecule has 0 radical (unpaired) electrons. The Bertz CT molecular complexity index is 56.3. The minimum atomic E-state index is 0.480. The first-order valence-electron chi connectivity index (χ1n) is 3.21. The van der Waals surface area contributed by atoms with Gasteiger partial charge in [-0.15, -0.1) is 0 Å². The molecule has 0 spiro atoms. The lowest BCUT2D eigenvalue weighted by atomic mass is 10.2. The summed E-state index contributed by atoms with van der Waals surface area (Å²) < 4.78 is 0. The molecule has 0 N–H and O–H groups in total. The highest BCUT2D eigenvalue weighted by atomic mass is 32.1. The summed E-state index contributed by atoms with van der Waals surface area (Å²) >= 11 is 12.5. The summed E-state index contributed by atoms with van der Waals surface area (Å²) in [6, 6.07) is 0. The molecule has 9 heavy (non-hydrogen) atoms. The number of hydrogen-bond donors (Lipinski definition) is 3. The third-order valence-electron chi connectivity index (χ3n) is 1.16. The zero-order valence-corrected chi connectivity index (χ0v) is 8.14. The Morgan fingerprint density at radius 2 is 1.78 bits per heavy atom. The van der Waals surface area contributed by atoms with Crippen LogP contribution in [0.25, 0.3) is 0 Å². The molecule has 0 aromatic rings. The second-order valence-electron chi connectivity index (χ2n) is 2.06. The van der Waals surface area contributed by atoms with E-state index in [1.54, 1.807) is 0 Å². The highest BCUT2D eigenvalue weighted by molar-refractivity contribution is 7.84. The number of thiol groups is 3. The van der Waals surface area contributed by atoms with Gasteiger partial charge in [0.05, 0.1) is 0 Å². The van der Waals surface area contributed by atoms with Crippen molar-refractivity contribution < 1.29 is 0 Å². The second kappa shape index (κ2) is 7.16. The summed E-state index contributed by atoms with van der Waals surface area (Å²) in [5, 5.41) is 0.480. The van der Waals surface area contributed by atoms with Crippen LogP contribution in [-0.4, -0.2) is 16.8 Å². The van der Waals surface area contributed by atoms with Crippen LogP contribution in [-0.2, 0) is 0 Å². The first-order chi connectivity index (χ1) is 4.31. The molecule has 0 amide bonds. The Kier molecular flexibility index (Phi) is 8.00. The fourth-order valence-corrected chi connectivity index (χ4v) is 1.17. The van der Waals surface area contributed by atoms with E-state index in [0.29, 0.717) is 5.25 Å². The van der Waals surface area contributed by atoms with Gasteiger partial charge in [-0.3, -0.25) is 0 Å². The van der Waals surface area contributed by atoms with Crippen LogP contribution in [0.15, 0.2) is 0 Å². The average Bonchev–Trinajstić information content (AvgIpc) is 1.89. The molecule has 0 heterocycles. The maximum Gasteiger partial charge on any atom is 0.0105 e. The largest absolute Gasteiger partial charge is 0.179 e. The molecule has 0 fully saturated rings. The van der Waals surface area contributed by atoms with Crippen molar-refractivity contribution in [2.45, 2.75) is 24.5 Å². The van der Waals surface area contributed by atoms with Gasteiger partial charge in [0, 0.05) is 11.0 Å². The summed E-state index contributed by atoms with van der Waals surface area (Å²) in [7, 11) is 0. The summed E-state index contributed by atoms with van der Waals surface area (Å²) in [4.78, 5) is 0. The van der Waals surface area contributed by atoms with E-state index >= 15 is 0 Å². The van der Waals surface area contributed by atoms with Crippen molar-refractivity contribution in [3.63, 3.8) is 0 Å². The topological polar surface area (TPSA) is 0 Å². The van der Waals surface area contributed by atoms with Crippen LogP contribution in [0.1, 0.15) is 19.3 Å². The Balaban J connectivity index is 2.88. The zero-order valence-electron chi connectivity index (χ0n) is 5.45. The van der Waals surface area contributed by atoms with Gasteiger partial charge >= 0.3 is 0 Å². The second-order valence-corrected chi connectivity index (χ2v) is 3.60. The number of unbranched alkanes of at least 4 members (excludes halogenated alkanes) is 1. The number of rotatable bonds is 5. The summed E-state index contributed by atoms with van der Waals surface area (Å²) in [6.45, 7) is 0. The van der Waals surface area contributed by atoms with Crippen LogP contribution >= 0.6 is 37.9 Å². The fraction of sp³-hybridized carbons (Fsp3) is 1.00. The molecule has 0 aromatic heterocycles. The maximum atomic E-state index is 4.30. The van der Waals surface area contributed by atoms with Gasteiger partial charge in [-0.25, -0.2) is 0 Å². The van der Waals surface area contributed by atoms with E-state index in [4.69, 9.17) is 0 Å². The standard InChI is InChI=1S/C6H14S3/c7-4-2-1-3-6(9)5-8/h6-9H,1-5H2. The van der Waals surface area contributed by atoms with Gasteiger partial charge in [-0.2, -0.15) is 37.9 Å². The Hall–Kier alpha value is 1.05. The molecule has 0 aliphatic carbocycles. The van der Waals surface area contributed by atoms with E-state index in [2.05, 4.69) is 37.9 Å². The molecule has 1 atom stereocenters. The van der Waals surface area contributed by atoms with Crippen molar-refractivity contribution in [2.75, 3.05) is 11.5 Å². The van der Waals surface area contributed by atoms with E-state index in [0.717, 1.165) is 11.5 Å². The molecule has 1 unspecified atom stereocenters. The van der Waals surface area contributed by atoms with Crippen molar-refractivity contribution in [1.82, 2.24) is 0 Å². The van der Waals surface area contributed by atoms with Gasteiger partial charge in [-0.1, -0.05) is 6.42 Å². The molecule has 0 saturated carbocycles. The van der Waals surface area contributed by atoms with Crippen LogP contribution in [0.5, 0.6) is 0 Å². The Morgan fingerprint density at radius 3 is 2.22 bits per heavy atom. The lowest BCUT2D eigenvalue weighted by Gasteiger charge is -2.04. The maximum absolute atomic E-state index is 4.30. The summed E-state index contributed by atoms with van der Waals surface area (Å²) in [6.07, 6.45) is 3.61. The molecule has 3 heteroatoms. The molecule has 0 bridgehead atoms. The quantitative estimate of drug-likeness (QED) is 0.422. The molecular formula is C6H14S3. The van der Waals surface area contributed by atoms with Gasteiger partial charge in [0.25, 0.3) is 0 Å². The third-order valence-corrected chi connectivity index (χ3v) is 2.64. The van der Waals surface area contributed by atoms with Crippen molar-refractivity contribution in [1.29, 1.82) is 0 Å². The summed E-state index contributed by atoms with van der Waals surface area (Å²) in [5.41, 5.74) is 0. The molecule has 56 valence electrons. The lowest BCUT2D eigenvalue weighted by molar-refractivity contribution is 0.726. The monoisotopic (exact) mass is 182 g/mol. The van der Waals surface area contributed by atoms with E-state index in [9.17, 15) is 0 Å². The van der Waals surface area contributed by atoms with Crippen LogP contribution in [0.4, 0.5) is 0 Å². The Morgan fingerprint density at radius 1 is 1.11 bits per heavy atom. The molecule has 0 nitrogen and oxygen atoms in total.